The number of piperidine rings is 1. The van der Waals surface area contributed by atoms with E-state index >= 15 is 0 Å². The first-order valence-electron chi connectivity index (χ1n) is 8.22. The summed E-state index contributed by atoms with van der Waals surface area (Å²) in [4.78, 5) is 0.411. The average molecular weight is 324 g/mol. The predicted octanol–water partition coefficient (Wildman–Crippen LogP) is 2.63. The zero-order valence-corrected chi connectivity index (χ0v) is 14.5. The van der Waals surface area contributed by atoms with Crippen LogP contribution in [0.2, 0.25) is 0 Å². The lowest BCUT2D eigenvalue weighted by atomic mass is 9.96. The first kappa shape index (κ1) is 17.4. The van der Waals surface area contributed by atoms with Crippen LogP contribution in [0.1, 0.15) is 38.7 Å². The Morgan fingerprint density at radius 3 is 2.55 bits per heavy atom. The Labute approximate surface area is 134 Å². The Kier molecular flexibility index (Phi) is 6.01. The van der Waals surface area contributed by atoms with Gasteiger partial charge in [0.05, 0.1) is 4.90 Å². The van der Waals surface area contributed by atoms with Gasteiger partial charge in [0.15, 0.2) is 0 Å². The van der Waals surface area contributed by atoms with Crippen LogP contribution < -0.4 is 5.73 Å². The number of benzene rings is 1. The number of hydrogen-bond donors (Lipinski definition) is 1. The van der Waals surface area contributed by atoms with Crippen LogP contribution >= 0.6 is 0 Å². The quantitative estimate of drug-likeness (QED) is 0.875. The molecule has 1 aliphatic rings. The van der Waals surface area contributed by atoms with E-state index in [0.29, 0.717) is 36.4 Å². The minimum absolute atomic E-state index is 0.397. The highest BCUT2D eigenvalue weighted by Gasteiger charge is 2.29. The van der Waals surface area contributed by atoms with Gasteiger partial charge in [-0.25, -0.2) is 8.42 Å². The van der Waals surface area contributed by atoms with Crippen molar-refractivity contribution in [1.29, 1.82) is 0 Å². The molecule has 1 saturated heterocycles. The molecule has 4 nitrogen and oxygen atoms in total. The van der Waals surface area contributed by atoms with Crippen LogP contribution in [0.4, 0.5) is 0 Å². The molecule has 1 aromatic rings. The van der Waals surface area contributed by atoms with E-state index in [1.54, 1.807) is 16.4 Å². The van der Waals surface area contributed by atoms with Crippen LogP contribution in [0.3, 0.4) is 0 Å². The lowest BCUT2D eigenvalue weighted by Gasteiger charge is -2.31. The summed E-state index contributed by atoms with van der Waals surface area (Å²) in [6.07, 6.45) is 3.88. The number of sulfonamides is 1. The normalized spacial score (nSPS) is 20.5. The third kappa shape index (κ3) is 4.31. The molecule has 124 valence electrons. The van der Waals surface area contributed by atoms with Gasteiger partial charge in [0.25, 0.3) is 0 Å². The molecule has 0 spiro atoms. The number of nitrogens with two attached hydrogens (primary N) is 1. The second kappa shape index (κ2) is 7.57. The monoisotopic (exact) mass is 324 g/mol. The molecule has 5 heteroatoms. The van der Waals surface area contributed by atoms with E-state index in [1.165, 1.54) is 5.56 Å². The molecule has 0 aromatic heterocycles. The van der Waals surface area contributed by atoms with Gasteiger partial charge < -0.3 is 5.73 Å². The van der Waals surface area contributed by atoms with E-state index in [4.69, 9.17) is 5.73 Å². The van der Waals surface area contributed by atoms with Gasteiger partial charge in [-0.15, -0.1) is 0 Å². The van der Waals surface area contributed by atoms with Crippen molar-refractivity contribution in [3.05, 3.63) is 29.8 Å². The molecule has 2 N–H and O–H groups in total. The highest BCUT2D eigenvalue weighted by molar-refractivity contribution is 7.89. The van der Waals surface area contributed by atoms with Crippen LogP contribution in [0.5, 0.6) is 0 Å². The van der Waals surface area contributed by atoms with Crippen LogP contribution in [0, 0.1) is 11.8 Å². The zero-order valence-electron chi connectivity index (χ0n) is 13.7. The lowest BCUT2D eigenvalue weighted by Crippen LogP contribution is -2.40. The molecular formula is C17H28N2O2S. The first-order valence-corrected chi connectivity index (χ1v) is 9.66. The molecule has 22 heavy (non-hydrogen) atoms. The van der Waals surface area contributed by atoms with E-state index in [9.17, 15) is 8.42 Å². The summed E-state index contributed by atoms with van der Waals surface area (Å²) in [6.45, 7) is 6.18. The molecular weight excluding hydrogens is 296 g/mol. The second-order valence-corrected chi connectivity index (χ2v) is 8.63. The third-order valence-corrected chi connectivity index (χ3v) is 6.14. The summed E-state index contributed by atoms with van der Waals surface area (Å²) in [5.74, 6) is 0.968. The third-order valence-electron chi connectivity index (χ3n) is 4.26. The van der Waals surface area contributed by atoms with Gasteiger partial charge in [0, 0.05) is 13.1 Å². The van der Waals surface area contributed by atoms with Gasteiger partial charge in [-0.3, -0.25) is 0 Å². The van der Waals surface area contributed by atoms with Crippen molar-refractivity contribution in [3.8, 4) is 0 Å². The highest BCUT2D eigenvalue weighted by atomic mass is 32.2. The Balaban J connectivity index is 2.12. The molecule has 0 amide bonds. The fraction of sp³-hybridized carbons (Fsp3) is 0.647. The van der Waals surface area contributed by atoms with E-state index < -0.39 is 10.0 Å². The summed E-state index contributed by atoms with van der Waals surface area (Å²) in [5, 5.41) is 0. The summed E-state index contributed by atoms with van der Waals surface area (Å²) >= 11 is 0. The van der Waals surface area contributed by atoms with Crippen molar-refractivity contribution < 1.29 is 8.42 Å². The predicted molar refractivity (Wildman–Crippen MR) is 90.1 cm³/mol. The van der Waals surface area contributed by atoms with Crippen molar-refractivity contribution in [2.24, 2.45) is 17.6 Å². The zero-order chi connectivity index (χ0) is 16.2. The molecule has 0 aliphatic carbocycles. The Hall–Kier alpha value is -0.910. The molecule has 0 bridgehead atoms. The smallest absolute Gasteiger partial charge is 0.243 e. The summed E-state index contributed by atoms with van der Waals surface area (Å²) < 4.78 is 27.2. The van der Waals surface area contributed by atoms with Crippen molar-refractivity contribution in [2.75, 3.05) is 19.6 Å². The second-order valence-electron chi connectivity index (χ2n) is 6.69. The molecule has 1 unspecified atom stereocenters. The molecule has 0 saturated carbocycles. The van der Waals surface area contributed by atoms with Gasteiger partial charge in [-0.05, 0) is 61.8 Å². The molecule has 2 rings (SSSR count). The van der Waals surface area contributed by atoms with Crippen LogP contribution in [-0.4, -0.2) is 32.4 Å². The molecule has 1 fully saturated rings. The first-order chi connectivity index (χ1) is 10.4. The van der Waals surface area contributed by atoms with Gasteiger partial charge in [0.1, 0.15) is 0 Å². The maximum absolute atomic E-state index is 12.8. The number of rotatable bonds is 6. The molecule has 1 atom stereocenters. The SMILES string of the molecule is CC(C)Cc1ccc(S(=O)(=O)N2CCCC(CCN)C2)cc1. The number of nitrogens with zero attached hydrogens (tertiary/aromatic N) is 1. The minimum Gasteiger partial charge on any atom is -0.330 e. The molecule has 1 aromatic carbocycles. The van der Waals surface area contributed by atoms with Gasteiger partial charge in [-0.2, -0.15) is 4.31 Å². The number of hydrogen-bond acceptors (Lipinski definition) is 3. The van der Waals surface area contributed by atoms with Crippen molar-refractivity contribution in [3.63, 3.8) is 0 Å². The molecule has 1 aliphatic heterocycles. The Morgan fingerprint density at radius 2 is 1.95 bits per heavy atom. The Bertz CT molecular complexity index is 565. The van der Waals surface area contributed by atoms with E-state index in [2.05, 4.69) is 13.8 Å². The maximum Gasteiger partial charge on any atom is 0.243 e. The largest absolute Gasteiger partial charge is 0.330 e. The fourth-order valence-electron chi connectivity index (χ4n) is 3.13. The molecule has 0 radical (unpaired) electrons. The molecule has 1 heterocycles. The topological polar surface area (TPSA) is 63.4 Å². The minimum atomic E-state index is -3.37. The van der Waals surface area contributed by atoms with Crippen LogP contribution in [0.15, 0.2) is 29.2 Å². The average Bonchev–Trinajstić information content (AvgIpc) is 2.48. The fourth-order valence-corrected chi connectivity index (χ4v) is 4.69. The van der Waals surface area contributed by atoms with Crippen molar-refractivity contribution in [2.45, 2.75) is 44.4 Å². The van der Waals surface area contributed by atoms with Gasteiger partial charge in [-0.1, -0.05) is 26.0 Å². The Morgan fingerprint density at radius 1 is 1.27 bits per heavy atom. The summed E-state index contributed by atoms with van der Waals surface area (Å²) in [6, 6.07) is 7.38. The van der Waals surface area contributed by atoms with Gasteiger partial charge >= 0.3 is 0 Å². The van der Waals surface area contributed by atoms with Crippen LogP contribution in [-0.2, 0) is 16.4 Å². The van der Waals surface area contributed by atoms with Crippen molar-refractivity contribution in [1.82, 2.24) is 4.31 Å². The maximum atomic E-state index is 12.8. The van der Waals surface area contributed by atoms with Crippen LogP contribution in [0.25, 0.3) is 0 Å². The highest BCUT2D eigenvalue weighted by Crippen LogP contribution is 2.25. The summed E-state index contributed by atoms with van der Waals surface area (Å²) in [7, 11) is -3.37. The van der Waals surface area contributed by atoms with E-state index in [0.717, 1.165) is 25.7 Å². The van der Waals surface area contributed by atoms with E-state index in [1.807, 2.05) is 12.1 Å². The van der Waals surface area contributed by atoms with E-state index in [-0.39, 0.29) is 0 Å². The standard InChI is InChI=1S/C17H28N2O2S/c1-14(2)12-15-5-7-17(8-6-15)22(20,21)19-11-3-4-16(13-19)9-10-18/h5-8,14,16H,3-4,9-13,18H2,1-2H3. The summed E-state index contributed by atoms with van der Waals surface area (Å²) in [5.41, 5.74) is 6.80. The van der Waals surface area contributed by atoms with Gasteiger partial charge in [0.2, 0.25) is 10.0 Å². The van der Waals surface area contributed by atoms with Crippen molar-refractivity contribution >= 4 is 10.0 Å². The lowest BCUT2D eigenvalue weighted by molar-refractivity contribution is 0.258.